The molecule has 9 nitrogen and oxygen atoms in total. The number of nitro benzene ring substituents is 1. The number of nitrogens with one attached hydrogen (secondary N) is 1. The van der Waals surface area contributed by atoms with Crippen molar-refractivity contribution in [2.45, 2.75) is 0 Å². The molecule has 0 saturated heterocycles. The first-order valence-electron chi connectivity index (χ1n) is 7.50. The molecule has 1 N–H and O–H groups in total. The summed E-state index contributed by atoms with van der Waals surface area (Å²) in [6, 6.07) is 10.2. The number of amides is 3. The van der Waals surface area contributed by atoms with E-state index in [0.717, 1.165) is 11.0 Å². The van der Waals surface area contributed by atoms with Crippen molar-refractivity contribution >= 4 is 29.1 Å². The third-order valence-electron chi connectivity index (χ3n) is 3.86. The maximum Gasteiger partial charge on any atom is 0.296 e. The number of anilines is 1. The molecule has 0 saturated carbocycles. The molecule has 0 fully saturated rings. The van der Waals surface area contributed by atoms with Gasteiger partial charge in [0.05, 0.1) is 29.2 Å². The number of nitro groups is 1. The summed E-state index contributed by atoms with van der Waals surface area (Å²) in [7, 11) is 1.36. The van der Waals surface area contributed by atoms with E-state index in [4.69, 9.17) is 4.74 Å². The molecule has 0 bridgehead atoms. The van der Waals surface area contributed by atoms with Crippen molar-refractivity contribution in [3.63, 3.8) is 0 Å². The number of hydrogen-bond acceptors (Lipinski definition) is 6. The highest BCUT2D eigenvalue weighted by molar-refractivity contribution is 6.22. The van der Waals surface area contributed by atoms with Gasteiger partial charge in [-0.05, 0) is 24.3 Å². The van der Waals surface area contributed by atoms with Crippen molar-refractivity contribution < 1.29 is 24.0 Å². The van der Waals surface area contributed by atoms with E-state index in [2.05, 4.69) is 5.32 Å². The Bertz CT molecular complexity index is 905. The van der Waals surface area contributed by atoms with Gasteiger partial charge in [0.25, 0.3) is 17.5 Å². The van der Waals surface area contributed by atoms with Crippen LogP contribution in [0.3, 0.4) is 0 Å². The second-order valence-electron chi connectivity index (χ2n) is 5.43. The van der Waals surface area contributed by atoms with E-state index in [1.807, 2.05) is 0 Å². The standard InChI is InChI=1S/C17H13N3O6/c1-26-10-6-7-13(14(8-10)20(24)25)18-15(21)9-19-16(22)11-4-2-3-5-12(11)17(19)23/h2-8H,9H2,1H3,(H,18,21). The average Bonchev–Trinajstić information content (AvgIpc) is 2.87. The van der Waals surface area contributed by atoms with Gasteiger partial charge in [0.15, 0.2) is 0 Å². The zero-order valence-corrected chi connectivity index (χ0v) is 13.6. The molecule has 0 unspecified atom stereocenters. The molecule has 0 atom stereocenters. The molecule has 0 aromatic heterocycles. The first-order valence-corrected chi connectivity index (χ1v) is 7.50. The van der Waals surface area contributed by atoms with Crippen LogP contribution >= 0.6 is 0 Å². The number of nitrogens with zero attached hydrogens (tertiary/aromatic N) is 2. The van der Waals surface area contributed by atoms with Gasteiger partial charge in [0.2, 0.25) is 5.91 Å². The summed E-state index contributed by atoms with van der Waals surface area (Å²) in [5.41, 5.74) is 0.0268. The van der Waals surface area contributed by atoms with Gasteiger partial charge in [-0.1, -0.05) is 12.1 Å². The number of carbonyl (C=O) groups is 3. The van der Waals surface area contributed by atoms with Gasteiger partial charge in [-0.3, -0.25) is 29.4 Å². The maximum absolute atomic E-state index is 12.3. The Hall–Kier alpha value is -3.75. The van der Waals surface area contributed by atoms with Crippen molar-refractivity contribution in [3.8, 4) is 5.75 Å². The Kier molecular flexibility index (Phi) is 4.36. The van der Waals surface area contributed by atoms with E-state index in [9.17, 15) is 24.5 Å². The Balaban J connectivity index is 1.78. The van der Waals surface area contributed by atoms with Gasteiger partial charge in [-0.2, -0.15) is 0 Å². The fourth-order valence-corrected chi connectivity index (χ4v) is 2.61. The zero-order valence-electron chi connectivity index (χ0n) is 13.6. The minimum atomic E-state index is -0.729. The molecular formula is C17H13N3O6. The van der Waals surface area contributed by atoms with Gasteiger partial charge in [0.1, 0.15) is 18.0 Å². The Morgan fingerprint density at radius 2 is 1.77 bits per heavy atom. The van der Waals surface area contributed by atoms with E-state index >= 15 is 0 Å². The lowest BCUT2D eigenvalue weighted by molar-refractivity contribution is -0.384. The molecule has 9 heteroatoms. The molecular weight excluding hydrogens is 342 g/mol. The summed E-state index contributed by atoms with van der Waals surface area (Å²) in [4.78, 5) is 48.0. The predicted octanol–water partition coefficient (Wildman–Crippen LogP) is 1.84. The number of hydrogen-bond donors (Lipinski definition) is 1. The van der Waals surface area contributed by atoms with Crippen LogP contribution in [-0.2, 0) is 4.79 Å². The molecule has 1 aliphatic rings. The van der Waals surface area contributed by atoms with Crippen molar-refractivity contribution in [3.05, 3.63) is 63.7 Å². The Morgan fingerprint density at radius 1 is 1.15 bits per heavy atom. The molecule has 1 heterocycles. The Morgan fingerprint density at radius 3 is 2.31 bits per heavy atom. The molecule has 0 radical (unpaired) electrons. The molecule has 1 aliphatic heterocycles. The number of carbonyl (C=O) groups excluding carboxylic acids is 3. The molecule has 3 amide bonds. The lowest BCUT2D eigenvalue weighted by atomic mass is 10.1. The lowest BCUT2D eigenvalue weighted by Gasteiger charge is -2.14. The van der Waals surface area contributed by atoms with Crippen LogP contribution < -0.4 is 10.1 Å². The SMILES string of the molecule is COc1ccc(NC(=O)CN2C(=O)c3ccccc3C2=O)c([N+](=O)[O-])c1. The number of methoxy groups -OCH3 is 1. The van der Waals surface area contributed by atoms with Crippen LogP contribution in [-0.4, -0.2) is 41.2 Å². The summed E-state index contributed by atoms with van der Waals surface area (Å²) in [5.74, 6) is -1.63. The molecule has 2 aromatic rings. The van der Waals surface area contributed by atoms with Crippen LogP contribution in [0.25, 0.3) is 0 Å². The average molecular weight is 355 g/mol. The number of ether oxygens (including phenoxy) is 1. The molecule has 3 rings (SSSR count). The highest BCUT2D eigenvalue weighted by Gasteiger charge is 2.36. The third-order valence-corrected chi connectivity index (χ3v) is 3.86. The zero-order chi connectivity index (χ0) is 18.8. The van der Waals surface area contributed by atoms with Crippen molar-refractivity contribution in [1.29, 1.82) is 0 Å². The molecule has 2 aromatic carbocycles. The number of rotatable bonds is 5. The Labute approximate surface area is 147 Å². The van der Waals surface area contributed by atoms with Gasteiger partial charge in [-0.15, -0.1) is 0 Å². The largest absolute Gasteiger partial charge is 0.496 e. The molecule has 0 aliphatic carbocycles. The number of fused-ring (bicyclic) bond motifs is 1. The smallest absolute Gasteiger partial charge is 0.296 e. The molecule has 26 heavy (non-hydrogen) atoms. The van der Waals surface area contributed by atoms with Gasteiger partial charge in [-0.25, -0.2) is 0 Å². The topological polar surface area (TPSA) is 119 Å². The minimum Gasteiger partial charge on any atom is -0.496 e. The van der Waals surface area contributed by atoms with E-state index in [1.54, 1.807) is 12.1 Å². The van der Waals surface area contributed by atoms with Crippen molar-refractivity contribution in [1.82, 2.24) is 4.90 Å². The normalized spacial score (nSPS) is 12.7. The second kappa shape index (κ2) is 6.63. The first kappa shape index (κ1) is 17.1. The monoisotopic (exact) mass is 355 g/mol. The van der Waals surface area contributed by atoms with Crippen LogP contribution in [0.5, 0.6) is 5.75 Å². The predicted molar refractivity (Wildman–Crippen MR) is 90.1 cm³/mol. The summed E-state index contributed by atoms with van der Waals surface area (Å²) in [6.45, 7) is -0.546. The maximum atomic E-state index is 12.3. The summed E-state index contributed by atoms with van der Waals surface area (Å²) < 4.78 is 4.92. The molecule has 0 spiro atoms. The van der Waals surface area contributed by atoms with Crippen LogP contribution in [0.2, 0.25) is 0 Å². The van der Waals surface area contributed by atoms with E-state index in [0.29, 0.717) is 0 Å². The van der Waals surface area contributed by atoms with Crippen molar-refractivity contribution in [2.75, 3.05) is 19.0 Å². The summed E-state index contributed by atoms with van der Waals surface area (Å²) >= 11 is 0. The highest BCUT2D eigenvalue weighted by Crippen LogP contribution is 2.29. The second-order valence-corrected chi connectivity index (χ2v) is 5.43. The van der Waals surface area contributed by atoms with Gasteiger partial charge < -0.3 is 10.1 Å². The van der Waals surface area contributed by atoms with E-state index in [1.165, 1.54) is 31.4 Å². The van der Waals surface area contributed by atoms with Gasteiger partial charge >= 0.3 is 0 Å². The fourth-order valence-electron chi connectivity index (χ4n) is 2.61. The third kappa shape index (κ3) is 2.97. The van der Waals surface area contributed by atoms with Crippen LogP contribution in [0.4, 0.5) is 11.4 Å². The fraction of sp³-hybridized carbons (Fsp3) is 0.118. The quantitative estimate of drug-likeness (QED) is 0.496. The van der Waals surface area contributed by atoms with Crippen LogP contribution in [0, 0.1) is 10.1 Å². The minimum absolute atomic E-state index is 0.0580. The highest BCUT2D eigenvalue weighted by atomic mass is 16.6. The summed E-state index contributed by atoms with van der Waals surface area (Å²) in [5, 5.41) is 13.5. The van der Waals surface area contributed by atoms with Crippen LogP contribution in [0.15, 0.2) is 42.5 Å². The van der Waals surface area contributed by atoms with Crippen molar-refractivity contribution in [2.24, 2.45) is 0 Å². The lowest BCUT2D eigenvalue weighted by Crippen LogP contribution is -2.37. The number of benzene rings is 2. The van der Waals surface area contributed by atoms with E-state index in [-0.39, 0.29) is 28.3 Å². The van der Waals surface area contributed by atoms with E-state index < -0.39 is 29.2 Å². The number of imide groups is 1. The molecule has 132 valence electrons. The first-order chi connectivity index (χ1) is 12.4. The van der Waals surface area contributed by atoms with Crippen LogP contribution in [0.1, 0.15) is 20.7 Å². The van der Waals surface area contributed by atoms with Gasteiger partial charge in [0, 0.05) is 0 Å². The summed E-state index contributed by atoms with van der Waals surface area (Å²) in [6.07, 6.45) is 0.